The van der Waals surface area contributed by atoms with Crippen molar-refractivity contribution >= 4 is 33.2 Å². The van der Waals surface area contributed by atoms with Gasteiger partial charge in [-0.15, -0.1) is 0 Å². The maximum absolute atomic E-state index is 13.4. The molecule has 1 saturated heterocycles. The summed E-state index contributed by atoms with van der Waals surface area (Å²) in [4.78, 5) is 17.3. The van der Waals surface area contributed by atoms with Crippen LogP contribution in [0.4, 0.5) is 5.69 Å². The van der Waals surface area contributed by atoms with Crippen LogP contribution in [0.25, 0.3) is 0 Å². The summed E-state index contributed by atoms with van der Waals surface area (Å²) in [7, 11) is -3.94. The molecule has 0 saturated carbocycles. The van der Waals surface area contributed by atoms with Gasteiger partial charge in [-0.05, 0) is 42.0 Å². The summed E-state index contributed by atoms with van der Waals surface area (Å²) < 4.78 is 28.0. The molecule has 4 rings (SSSR count). The van der Waals surface area contributed by atoms with Crippen molar-refractivity contribution < 1.29 is 13.2 Å². The molecule has 0 radical (unpaired) electrons. The number of benzene rings is 3. The van der Waals surface area contributed by atoms with Gasteiger partial charge in [-0.25, -0.2) is 8.42 Å². The monoisotopic (exact) mass is 483 g/mol. The van der Waals surface area contributed by atoms with E-state index in [-0.39, 0.29) is 17.3 Å². The van der Waals surface area contributed by atoms with Gasteiger partial charge in [0.25, 0.3) is 10.0 Å². The third-order valence-electron chi connectivity index (χ3n) is 5.70. The maximum atomic E-state index is 13.4. The van der Waals surface area contributed by atoms with Crippen LogP contribution in [0.5, 0.6) is 0 Å². The lowest BCUT2D eigenvalue weighted by molar-refractivity contribution is -0.131. The van der Waals surface area contributed by atoms with Gasteiger partial charge in [-0.3, -0.25) is 14.0 Å². The zero-order chi connectivity index (χ0) is 23.3. The lowest BCUT2D eigenvalue weighted by Crippen LogP contribution is -2.51. The molecule has 3 aromatic carbocycles. The zero-order valence-electron chi connectivity index (χ0n) is 18.2. The second-order valence-electron chi connectivity index (χ2n) is 7.94. The van der Waals surface area contributed by atoms with Gasteiger partial charge in [-0.2, -0.15) is 0 Å². The molecule has 33 heavy (non-hydrogen) atoms. The first-order valence-corrected chi connectivity index (χ1v) is 12.6. The van der Waals surface area contributed by atoms with Crippen LogP contribution in [-0.2, 0) is 21.4 Å². The summed E-state index contributed by atoms with van der Waals surface area (Å²) in [5.41, 5.74) is 1.69. The second-order valence-corrected chi connectivity index (χ2v) is 10.2. The van der Waals surface area contributed by atoms with Crippen LogP contribution in [0.1, 0.15) is 5.56 Å². The van der Waals surface area contributed by atoms with Gasteiger partial charge in [-0.1, -0.05) is 60.1 Å². The van der Waals surface area contributed by atoms with Crippen molar-refractivity contribution in [1.29, 1.82) is 0 Å². The number of para-hydroxylation sites is 1. The van der Waals surface area contributed by atoms with Crippen molar-refractivity contribution in [2.24, 2.45) is 0 Å². The standard InChI is InChI=1S/C25H26ClN3O3S/c26-22-11-13-24(14-12-22)33(31,32)29(23-9-5-2-6-10-23)20-25(30)28-17-15-27(16-18-28)19-21-7-3-1-4-8-21/h1-14H,15-20H2. The quantitative estimate of drug-likeness (QED) is 0.511. The minimum atomic E-state index is -3.94. The van der Waals surface area contributed by atoms with Crippen molar-refractivity contribution in [3.63, 3.8) is 0 Å². The molecule has 0 spiro atoms. The predicted octanol–water partition coefficient (Wildman–Crippen LogP) is 3.88. The number of carbonyl (C=O) groups is 1. The van der Waals surface area contributed by atoms with Crippen LogP contribution < -0.4 is 4.31 Å². The molecule has 6 nitrogen and oxygen atoms in total. The molecule has 172 valence electrons. The van der Waals surface area contributed by atoms with E-state index in [1.54, 1.807) is 29.2 Å². The number of hydrogen-bond donors (Lipinski definition) is 0. The van der Waals surface area contributed by atoms with E-state index < -0.39 is 10.0 Å². The van der Waals surface area contributed by atoms with Crippen molar-refractivity contribution in [2.45, 2.75) is 11.4 Å². The number of sulfonamides is 1. The Morgan fingerprint density at radius 3 is 2.00 bits per heavy atom. The Morgan fingerprint density at radius 1 is 0.818 bits per heavy atom. The van der Waals surface area contributed by atoms with Gasteiger partial charge in [0, 0.05) is 37.7 Å². The number of amides is 1. The molecule has 1 heterocycles. The smallest absolute Gasteiger partial charge is 0.264 e. The molecule has 0 bridgehead atoms. The van der Waals surface area contributed by atoms with E-state index in [1.165, 1.54) is 34.1 Å². The van der Waals surface area contributed by atoms with Crippen molar-refractivity contribution in [2.75, 3.05) is 37.0 Å². The van der Waals surface area contributed by atoms with E-state index in [4.69, 9.17) is 11.6 Å². The highest BCUT2D eigenvalue weighted by Crippen LogP contribution is 2.25. The molecule has 1 aliphatic rings. The van der Waals surface area contributed by atoms with Crippen LogP contribution in [0.15, 0.2) is 89.8 Å². The van der Waals surface area contributed by atoms with Gasteiger partial charge in [0.05, 0.1) is 10.6 Å². The summed E-state index contributed by atoms with van der Waals surface area (Å²) in [5.74, 6) is -0.212. The van der Waals surface area contributed by atoms with Crippen molar-refractivity contribution in [3.8, 4) is 0 Å². The van der Waals surface area contributed by atoms with E-state index in [0.717, 1.165) is 19.6 Å². The first kappa shape index (κ1) is 23.3. The Bertz CT molecular complexity index is 1160. The minimum Gasteiger partial charge on any atom is -0.339 e. The highest BCUT2D eigenvalue weighted by Gasteiger charge is 2.30. The number of nitrogens with zero attached hydrogens (tertiary/aromatic N) is 3. The third kappa shape index (κ3) is 5.74. The number of piperazine rings is 1. The number of halogens is 1. The molecule has 0 N–H and O–H groups in total. The number of hydrogen-bond acceptors (Lipinski definition) is 4. The summed E-state index contributed by atoms with van der Waals surface area (Å²) in [6.07, 6.45) is 0. The van der Waals surface area contributed by atoms with Gasteiger partial charge in [0.15, 0.2) is 0 Å². The lowest BCUT2D eigenvalue weighted by Gasteiger charge is -2.36. The predicted molar refractivity (Wildman–Crippen MR) is 131 cm³/mol. The van der Waals surface area contributed by atoms with Crippen LogP contribution >= 0.6 is 11.6 Å². The van der Waals surface area contributed by atoms with E-state index in [0.29, 0.717) is 23.8 Å². The molecule has 0 aliphatic carbocycles. The van der Waals surface area contributed by atoms with Gasteiger partial charge < -0.3 is 4.90 Å². The maximum Gasteiger partial charge on any atom is 0.264 e. The lowest BCUT2D eigenvalue weighted by atomic mass is 10.2. The molecule has 0 atom stereocenters. The topological polar surface area (TPSA) is 60.9 Å². The number of anilines is 1. The zero-order valence-corrected chi connectivity index (χ0v) is 19.8. The van der Waals surface area contributed by atoms with Gasteiger partial charge in [0.1, 0.15) is 6.54 Å². The van der Waals surface area contributed by atoms with Crippen LogP contribution in [-0.4, -0.2) is 56.8 Å². The molecule has 0 aromatic heterocycles. The van der Waals surface area contributed by atoms with Crippen molar-refractivity contribution in [1.82, 2.24) is 9.80 Å². The van der Waals surface area contributed by atoms with Crippen LogP contribution in [0.3, 0.4) is 0 Å². The SMILES string of the molecule is O=C(CN(c1ccccc1)S(=O)(=O)c1ccc(Cl)cc1)N1CCN(Cc2ccccc2)CC1. The minimum absolute atomic E-state index is 0.0937. The van der Waals surface area contributed by atoms with Crippen LogP contribution in [0.2, 0.25) is 5.02 Å². The second kappa shape index (κ2) is 10.4. The molecule has 1 fully saturated rings. The average molecular weight is 484 g/mol. The van der Waals surface area contributed by atoms with Gasteiger partial charge in [0.2, 0.25) is 5.91 Å². The highest BCUT2D eigenvalue weighted by atomic mass is 35.5. The number of rotatable bonds is 7. The Hall–Kier alpha value is -2.87. The van der Waals surface area contributed by atoms with E-state index in [2.05, 4.69) is 17.0 Å². The Kier molecular flexibility index (Phi) is 7.33. The molecular weight excluding hydrogens is 458 g/mol. The van der Waals surface area contributed by atoms with E-state index in [1.807, 2.05) is 24.3 Å². The fourth-order valence-electron chi connectivity index (χ4n) is 3.86. The molecular formula is C25H26ClN3O3S. The average Bonchev–Trinajstić information content (AvgIpc) is 2.84. The largest absolute Gasteiger partial charge is 0.339 e. The first-order chi connectivity index (χ1) is 15.9. The summed E-state index contributed by atoms with van der Waals surface area (Å²) in [5, 5.41) is 0.449. The summed E-state index contributed by atoms with van der Waals surface area (Å²) >= 11 is 5.93. The normalized spacial score (nSPS) is 14.8. The molecule has 8 heteroatoms. The molecule has 0 unspecified atom stereocenters. The van der Waals surface area contributed by atoms with Gasteiger partial charge >= 0.3 is 0 Å². The van der Waals surface area contributed by atoms with Crippen molar-refractivity contribution in [3.05, 3.63) is 95.5 Å². The molecule has 1 aliphatic heterocycles. The van der Waals surface area contributed by atoms with E-state index >= 15 is 0 Å². The molecule has 1 amide bonds. The summed E-state index contributed by atoms with van der Waals surface area (Å²) in [6.45, 7) is 3.20. The van der Waals surface area contributed by atoms with E-state index in [9.17, 15) is 13.2 Å². The molecule has 3 aromatic rings. The highest BCUT2D eigenvalue weighted by molar-refractivity contribution is 7.92. The Balaban J connectivity index is 1.47. The summed E-state index contributed by atoms with van der Waals surface area (Å²) in [6, 6.07) is 24.9. The van der Waals surface area contributed by atoms with Crippen LogP contribution in [0, 0.1) is 0 Å². The third-order valence-corrected chi connectivity index (χ3v) is 7.74. The Labute approximate surface area is 200 Å². The Morgan fingerprint density at radius 2 is 1.39 bits per heavy atom. The fourth-order valence-corrected chi connectivity index (χ4v) is 5.40. The fraction of sp³-hybridized carbons (Fsp3) is 0.240. The first-order valence-electron chi connectivity index (χ1n) is 10.8. The number of carbonyl (C=O) groups excluding carboxylic acids is 1.